The van der Waals surface area contributed by atoms with Crippen molar-refractivity contribution < 1.29 is 18.3 Å². The molecule has 8 nitrogen and oxygen atoms in total. The molecule has 3 N–H and O–H groups in total. The average Bonchev–Trinajstić information content (AvgIpc) is 3.64. The Morgan fingerprint density at radius 2 is 1.68 bits per heavy atom. The summed E-state index contributed by atoms with van der Waals surface area (Å²) in [5, 5.41) is 3.46. The summed E-state index contributed by atoms with van der Waals surface area (Å²) in [5.41, 5.74) is 5.43. The highest BCUT2D eigenvalue weighted by atomic mass is 19.3. The van der Waals surface area contributed by atoms with Crippen molar-refractivity contribution in [3.63, 3.8) is 0 Å². The molecule has 258 valence electrons. The van der Waals surface area contributed by atoms with Gasteiger partial charge in [-0.25, -0.2) is 14.8 Å². The minimum atomic E-state index is -3.15. The molecule has 3 heterocycles. The molecule has 0 unspecified atom stereocenters. The third kappa shape index (κ3) is 5.30. The minimum absolute atomic E-state index is 0.00519. The third-order valence-corrected chi connectivity index (χ3v) is 11.2. The van der Waals surface area contributed by atoms with Gasteiger partial charge in [-0.05, 0) is 111 Å². The van der Waals surface area contributed by atoms with E-state index in [0.717, 1.165) is 59.7 Å². The second-order valence-corrected chi connectivity index (χ2v) is 16.2. The van der Waals surface area contributed by atoms with Crippen molar-refractivity contribution in [2.75, 3.05) is 6.54 Å². The van der Waals surface area contributed by atoms with Gasteiger partial charge in [0.1, 0.15) is 17.2 Å². The van der Waals surface area contributed by atoms with Gasteiger partial charge in [0.05, 0.1) is 35.5 Å². The third-order valence-electron chi connectivity index (χ3n) is 11.2. The number of rotatable bonds is 7. The molecule has 0 radical (unpaired) electrons. The molecule has 2 aromatic heterocycles. The maximum atomic E-state index is 16.2. The quantitative estimate of drug-likeness (QED) is 0.160. The number of imidazole rings is 2. The van der Waals surface area contributed by atoms with Crippen LogP contribution >= 0.6 is 0 Å². The van der Waals surface area contributed by atoms with Gasteiger partial charge in [0.25, 0.3) is 5.92 Å². The number of likely N-dealkylation sites (tertiary alicyclic amines) is 1. The Morgan fingerprint density at radius 3 is 2.42 bits per heavy atom. The molecule has 3 fully saturated rings. The SMILES string of the molecule is CC1(CNCc2ncc(-c3ccc4c(c3)C(F)(F)c3cc(-c5ccc6nc([C@@H]7[C@H]8CC[C@H](C8)N7C(=O)OC(C)(C)C)[nH]c6c5)ccc3-4)[nH]2)CC1. The van der Waals surface area contributed by atoms with Gasteiger partial charge < -0.3 is 20.0 Å². The smallest absolute Gasteiger partial charge is 0.411 e. The van der Waals surface area contributed by atoms with Crippen molar-refractivity contribution in [2.24, 2.45) is 11.3 Å². The number of amides is 1. The van der Waals surface area contributed by atoms with Crippen LogP contribution in [0.15, 0.2) is 60.8 Å². The number of carbonyl (C=O) groups excluding carboxylic acids is 1. The van der Waals surface area contributed by atoms with Crippen LogP contribution in [0.3, 0.4) is 0 Å². The van der Waals surface area contributed by atoms with Gasteiger partial charge >= 0.3 is 6.09 Å². The first kappa shape index (κ1) is 31.4. The number of nitrogens with zero attached hydrogens (tertiary/aromatic N) is 3. The van der Waals surface area contributed by atoms with E-state index < -0.39 is 11.5 Å². The predicted octanol–water partition coefficient (Wildman–Crippen LogP) is 9.09. The Hall–Kier alpha value is -4.57. The highest BCUT2D eigenvalue weighted by Gasteiger charge is 2.51. The van der Waals surface area contributed by atoms with Crippen LogP contribution in [0.4, 0.5) is 13.6 Å². The molecule has 3 aromatic carbocycles. The van der Waals surface area contributed by atoms with Crippen molar-refractivity contribution in [3.05, 3.63) is 83.6 Å². The van der Waals surface area contributed by atoms with Gasteiger partial charge in [0.2, 0.25) is 0 Å². The number of halogens is 2. The first-order valence-electron chi connectivity index (χ1n) is 17.8. The zero-order chi connectivity index (χ0) is 34.6. The number of fused-ring (bicyclic) bond motifs is 6. The van der Waals surface area contributed by atoms with E-state index in [-0.39, 0.29) is 29.3 Å². The number of hydrogen-bond acceptors (Lipinski definition) is 5. The van der Waals surface area contributed by atoms with E-state index in [1.807, 2.05) is 56.0 Å². The fourth-order valence-electron chi connectivity index (χ4n) is 8.31. The number of aromatic amines is 2. The van der Waals surface area contributed by atoms with E-state index in [1.54, 1.807) is 30.5 Å². The molecule has 50 heavy (non-hydrogen) atoms. The van der Waals surface area contributed by atoms with Crippen LogP contribution in [0.2, 0.25) is 0 Å². The van der Waals surface area contributed by atoms with Crippen LogP contribution in [0.5, 0.6) is 0 Å². The largest absolute Gasteiger partial charge is 0.444 e. The highest BCUT2D eigenvalue weighted by Crippen LogP contribution is 2.53. The van der Waals surface area contributed by atoms with Crippen LogP contribution in [0.1, 0.15) is 88.6 Å². The number of alkyl halides is 2. The van der Waals surface area contributed by atoms with Gasteiger partial charge in [-0.15, -0.1) is 0 Å². The number of ether oxygens (including phenoxy) is 1. The average molecular weight is 677 g/mol. The van der Waals surface area contributed by atoms with E-state index >= 15 is 8.78 Å². The molecular formula is C40H42F2N6O2. The van der Waals surface area contributed by atoms with Crippen LogP contribution in [0.25, 0.3) is 44.5 Å². The van der Waals surface area contributed by atoms with Crippen LogP contribution < -0.4 is 5.32 Å². The first-order chi connectivity index (χ1) is 23.9. The molecule has 3 aliphatic carbocycles. The summed E-state index contributed by atoms with van der Waals surface area (Å²) >= 11 is 0. The van der Waals surface area contributed by atoms with E-state index in [4.69, 9.17) is 9.72 Å². The van der Waals surface area contributed by atoms with E-state index in [9.17, 15) is 4.79 Å². The van der Waals surface area contributed by atoms with Gasteiger partial charge in [-0.1, -0.05) is 37.3 Å². The molecule has 10 heteroatoms. The molecule has 1 aliphatic heterocycles. The Bertz CT molecular complexity index is 2160. The lowest BCUT2D eigenvalue weighted by molar-refractivity contribution is 0.00621. The Labute approximate surface area is 290 Å². The highest BCUT2D eigenvalue weighted by molar-refractivity contribution is 5.87. The molecule has 9 rings (SSSR count). The maximum absolute atomic E-state index is 16.2. The van der Waals surface area contributed by atoms with Crippen molar-refractivity contribution in [3.8, 4) is 33.5 Å². The molecule has 2 bridgehead atoms. The molecule has 5 aromatic rings. The fraction of sp³-hybridized carbons (Fsp3) is 0.425. The lowest BCUT2D eigenvalue weighted by atomic mass is 9.98. The molecule has 3 atom stereocenters. The molecule has 4 aliphatic rings. The molecule has 1 saturated heterocycles. The number of piperidine rings is 1. The Morgan fingerprint density at radius 1 is 0.980 bits per heavy atom. The number of hydrogen-bond donors (Lipinski definition) is 3. The number of benzene rings is 3. The standard InChI is InChI=1S/C40H42F2N6O2/c1-38(2,3)50-37(49)48-26-9-5-25(15-26)35(48)36-46-31-12-8-23(18-32(31)47-36)22-6-10-27-28-11-7-24(17-30(28)40(41,42)29(27)16-22)33-19-44-34(45-33)20-43-21-39(4)13-14-39/h6-8,10-12,16-19,25-26,35,43H,5,9,13-15,20-21H2,1-4H3,(H,44,45)(H,46,47)/t25-,26+,35-/m0/s1. The second-order valence-electron chi connectivity index (χ2n) is 16.2. The summed E-state index contributed by atoms with van der Waals surface area (Å²) in [4.78, 5) is 31.3. The lowest BCUT2D eigenvalue weighted by Crippen LogP contribution is -2.43. The monoisotopic (exact) mass is 676 g/mol. The van der Waals surface area contributed by atoms with Gasteiger partial charge in [-0.3, -0.25) is 4.90 Å². The van der Waals surface area contributed by atoms with Crippen molar-refractivity contribution in [1.29, 1.82) is 0 Å². The van der Waals surface area contributed by atoms with Crippen LogP contribution in [-0.4, -0.2) is 49.1 Å². The zero-order valence-corrected chi connectivity index (χ0v) is 28.9. The number of aromatic nitrogens is 4. The predicted molar refractivity (Wildman–Crippen MR) is 189 cm³/mol. The minimum Gasteiger partial charge on any atom is -0.444 e. The summed E-state index contributed by atoms with van der Waals surface area (Å²) in [6.07, 6.45) is 6.87. The summed E-state index contributed by atoms with van der Waals surface area (Å²) in [7, 11) is 0. The zero-order valence-electron chi connectivity index (χ0n) is 28.9. The topological polar surface area (TPSA) is 98.9 Å². The number of H-pyrrole nitrogens is 2. The normalized spacial score (nSPS) is 22.6. The molecular weight excluding hydrogens is 634 g/mol. The molecule has 0 spiro atoms. The second kappa shape index (κ2) is 11.0. The molecule has 1 amide bonds. The van der Waals surface area contributed by atoms with E-state index in [1.165, 1.54) is 12.8 Å². The Balaban J connectivity index is 0.972. The van der Waals surface area contributed by atoms with Crippen LogP contribution in [0, 0.1) is 11.3 Å². The van der Waals surface area contributed by atoms with Crippen LogP contribution in [-0.2, 0) is 17.2 Å². The van der Waals surface area contributed by atoms with Crippen molar-refractivity contribution >= 4 is 17.1 Å². The summed E-state index contributed by atoms with van der Waals surface area (Å²) in [5.74, 6) is -1.29. The van der Waals surface area contributed by atoms with Gasteiger partial charge in [0.15, 0.2) is 0 Å². The summed E-state index contributed by atoms with van der Waals surface area (Å²) in [6, 6.07) is 16.4. The molecule has 2 saturated carbocycles. The van der Waals surface area contributed by atoms with Crippen molar-refractivity contribution in [2.45, 2.75) is 90.0 Å². The van der Waals surface area contributed by atoms with Crippen molar-refractivity contribution in [1.82, 2.24) is 30.2 Å². The lowest BCUT2D eigenvalue weighted by Gasteiger charge is -2.35. The fourth-order valence-corrected chi connectivity index (χ4v) is 8.31. The summed E-state index contributed by atoms with van der Waals surface area (Å²) < 4.78 is 38.2. The first-order valence-corrected chi connectivity index (χ1v) is 17.8. The maximum Gasteiger partial charge on any atom is 0.411 e. The Kier molecular flexibility index (Phi) is 6.89. The van der Waals surface area contributed by atoms with Gasteiger partial charge in [-0.2, -0.15) is 8.78 Å². The van der Waals surface area contributed by atoms with E-state index in [2.05, 4.69) is 27.2 Å². The van der Waals surface area contributed by atoms with E-state index in [0.29, 0.717) is 40.1 Å². The number of carbonyl (C=O) groups is 1. The number of nitrogens with one attached hydrogen (secondary N) is 3. The summed E-state index contributed by atoms with van der Waals surface area (Å²) in [6.45, 7) is 9.48. The van der Waals surface area contributed by atoms with Gasteiger partial charge in [0, 0.05) is 29.3 Å².